The van der Waals surface area contributed by atoms with Crippen molar-refractivity contribution < 1.29 is 14.3 Å². The fraction of sp³-hybridized carbons (Fsp3) is 0.400. The molecule has 1 N–H and O–H groups in total. The van der Waals surface area contributed by atoms with Gasteiger partial charge >= 0.3 is 6.03 Å². The van der Waals surface area contributed by atoms with Gasteiger partial charge in [-0.25, -0.2) is 9.79 Å². The van der Waals surface area contributed by atoms with Crippen LogP contribution in [0.15, 0.2) is 53.5 Å². The Morgan fingerprint density at radius 2 is 1.74 bits per heavy atom. The Morgan fingerprint density at radius 1 is 1.03 bits per heavy atom. The van der Waals surface area contributed by atoms with Crippen molar-refractivity contribution in [3.05, 3.63) is 59.7 Å². The molecule has 3 amide bonds. The van der Waals surface area contributed by atoms with Gasteiger partial charge in [-0.2, -0.15) is 0 Å². The molecule has 3 aliphatic heterocycles. The van der Waals surface area contributed by atoms with E-state index >= 15 is 0 Å². The number of hydrogen-bond donors (Lipinski definition) is 1. The summed E-state index contributed by atoms with van der Waals surface area (Å²) in [5.74, 6) is 1.33. The number of methoxy groups -OCH3 is 1. The lowest BCUT2D eigenvalue weighted by molar-refractivity contribution is -0.127. The number of likely N-dealkylation sites (N-methyl/N-ethyl adjacent to an activating group) is 1. The molecule has 5 rings (SSSR count). The molecular formula is C25H30N6O3. The third-order valence-corrected chi connectivity index (χ3v) is 6.77. The number of benzene rings is 2. The maximum absolute atomic E-state index is 12.9. The van der Waals surface area contributed by atoms with E-state index in [-0.39, 0.29) is 5.91 Å². The highest BCUT2D eigenvalue weighted by molar-refractivity contribution is 6.03. The Morgan fingerprint density at radius 3 is 2.41 bits per heavy atom. The molecule has 0 bridgehead atoms. The molecule has 2 unspecified atom stereocenters. The van der Waals surface area contributed by atoms with Crippen LogP contribution in [0.1, 0.15) is 11.1 Å². The van der Waals surface area contributed by atoms with Crippen molar-refractivity contribution in [3.63, 3.8) is 0 Å². The second kappa shape index (κ2) is 8.89. The van der Waals surface area contributed by atoms with Gasteiger partial charge in [0.2, 0.25) is 0 Å². The normalized spacial score (nSPS) is 22.5. The van der Waals surface area contributed by atoms with Crippen LogP contribution in [0.2, 0.25) is 0 Å². The summed E-state index contributed by atoms with van der Waals surface area (Å²) in [4.78, 5) is 38.2. The number of aryl methyl sites for hydroxylation is 1. The Kier molecular flexibility index (Phi) is 5.77. The van der Waals surface area contributed by atoms with E-state index in [0.29, 0.717) is 6.54 Å². The number of nitrogens with one attached hydrogen (secondary N) is 1. The molecule has 178 valence electrons. The van der Waals surface area contributed by atoms with E-state index < -0.39 is 18.2 Å². The van der Waals surface area contributed by atoms with E-state index in [4.69, 9.17) is 9.73 Å². The van der Waals surface area contributed by atoms with E-state index in [9.17, 15) is 9.59 Å². The maximum Gasteiger partial charge on any atom is 0.325 e. The smallest absolute Gasteiger partial charge is 0.325 e. The first-order valence-electron chi connectivity index (χ1n) is 11.6. The van der Waals surface area contributed by atoms with Crippen molar-refractivity contribution in [2.75, 3.05) is 45.2 Å². The lowest BCUT2D eigenvalue weighted by Crippen LogP contribution is -2.64. The van der Waals surface area contributed by atoms with Crippen LogP contribution in [0.3, 0.4) is 0 Å². The van der Waals surface area contributed by atoms with Gasteiger partial charge in [0.05, 0.1) is 7.11 Å². The van der Waals surface area contributed by atoms with E-state index in [0.717, 1.165) is 49.1 Å². The van der Waals surface area contributed by atoms with Crippen LogP contribution >= 0.6 is 0 Å². The lowest BCUT2D eigenvalue weighted by Gasteiger charge is -2.41. The predicted molar refractivity (Wildman–Crippen MR) is 130 cm³/mol. The first-order chi connectivity index (χ1) is 16.4. The molecule has 0 spiro atoms. The summed E-state index contributed by atoms with van der Waals surface area (Å²) in [6.07, 6.45) is -0.527. The van der Waals surface area contributed by atoms with Crippen molar-refractivity contribution in [2.24, 2.45) is 4.99 Å². The summed E-state index contributed by atoms with van der Waals surface area (Å²) >= 11 is 0. The summed E-state index contributed by atoms with van der Waals surface area (Å²) in [5.41, 5.74) is 3.43. The van der Waals surface area contributed by atoms with E-state index in [2.05, 4.69) is 57.3 Å². The molecule has 0 saturated carbocycles. The summed E-state index contributed by atoms with van der Waals surface area (Å²) in [5, 5.41) is 2.49. The molecule has 3 aliphatic rings. The van der Waals surface area contributed by atoms with Gasteiger partial charge in [0.1, 0.15) is 5.75 Å². The Labute approximate surface area is 199 Å². The molecule has 34 heavy (non-hydrogen) atoms. The topological polar surface area (TPSA) is 80.7 Å². The predicted octanol–water partition coefficient (Wildman–Crippen LogP) is 1.87. The molecule has 2 aromatic rings. The van der Waals surface area contributed by atoms with Crippen molar-refractivity contribution in [1.82, 2.24) is 20.0 Å². The molecule has 2 atom stereocenters. The minimum absolute atomic E-state index is 0.295. The van der Waals surface area contributed by atoms with E-state index in [1.807, 2.05) is 18.2 Å². The number of anilines is 1. The van der Waals surface area contributed by atoms with Crippen LogP contribution in [0, 0.1) is 6.92 Å². The summed E-state index contributed by atoms with van der Waals surface area (Å²) < 4.78 is 5.27. The van der Waals surface area contributed by atoms with Gasteiger partial charge in [-0.15, -0.1) is 0 Å². The minimum atomic E-state index is -0.544. The molecule has 2 fully saturated rings. The molecule has 3 heterocycles. The first-order valence-corrected chi connectivity index (χ1v) is 11.6. The van der Waals surface area contributed by atoms with Gasteiger partial charge in [-0.3, -0.25) is 10.1 Å². The van der Waals surface area contributed by atoms with Crippen LogP contribution < -0.4 is 15.0 Å². The largest absolute Gasteiger partial charge is 0.497 e. The number of fused-ring (bicyclic) bond motifs is 1. The van der Waals surface area contributed by atoms with Gasteiger partial charge in [-0.1, -0.05) is 29.8 Å². The highest BCUT2D eigenvalue weighted by Crippen LogP contribution is 2.28. The molecule has 9 heteroatoms. The van der Waals surface area contributed by atoms with Gasteiger partial charge in [0, 0.05) is 45.5 Å². The summed E-state index contributed by atoms with van der Waals surface area (Å²) in [6, 6.07) is 15.4. The third-order valence-electron chi connectivity index (χ3n) is 6.77. The fourth-order valence-corrected chi connectivity index (χ4v) is 4.91. The monoisotopic (exact) mass is 462 g/mol. The third kappa shape index (κ3) is 4.02. The van der Waals surface area contributed by atoms with Gasteiger partial charge in [0.15, 0.2) is 18.2 Å². The molecule has 0 aromatic heterocycles. The number of amides is 3. The quantitative estimate of drug-likeness (QED) is 0.747. The Bertz CT molecular complexity index is 1110. The van der Waals surface area contributed by atoms with Gasteiger partial charge in [-0.05, 0) is 36.8 Å². The maximum atomic E-state index is 12.9. The standard InChI is InChI=1S/C25H30N6O3/c1-17-5-4-6-18(15-17)16-31-21-22(28(2)25(33)27-23(21)32)26-24(31)30-13-11-29(12-14-30)19-7-9-20(34-3)10-8-19/h4-10,15,21-22H,11-14,16H2,1-3H3,(H,27,32,33). The second-order valence-corrected chi connectivity index (χ2v) is 8.98. The summed E-state index contributed by atoms with van der Waals surface area (Å²) in [7, 11) is 3.36. The van der Waals surface area contributed by atoms with Crippen molar-refractivity contribution >= 4 is 23.6 Å². The number of piperazine rings is 1. The number of urea groups is 1. The Hall–Kier alpha value is -3.75. The van der Waals surface area contributed by atoms with Gasteiger partial charge in [0.25, 0.3) is 5.91 Å². The number of ether oxygens (including phenoxy) is 1. The average molecular weight is 463 g/mol. The Balaban J connectivity index is 1.37. The van der Waals surface area contributed by atoms with Crippen LogP contribution in [-0.2, 0) is 11.3 Å². The van der Waals surface area contributed by atoms with Crippen LogP contribution in [0.5, 0.6) is 5.75 Å². The molecule has 0 radical (unpaired) electrons. The van der Waals surface area contributed by atoms with E-state index in [1.54, 1.807) is 14.2 Å². The van der Waals surface area contributed by atoms with Crippen LogP contribution in [-0.4, -0.2) is 85.1 Å². The first kappa shape index (κ1) is 22.1. The fourth-order valence-electron chi connectivity index (χ4n) is 4.91. The SMILES string of the molecule is COc1ccc(N2CCN(C3=NC4C(C(=O)NC(=O)N4C)N3Cc3cccc(C)c3)CC2)cc1. The number of carbonyl (C=O) groups is 2. The molecule has 9 nitrogen and oxygen atoms in total. The highest BCUT2D eigenvalue weighted by atomic mass is 16.5. The minimum Gasteiger partial charge on any atom is -0.497 e. The summed E-state index contributed by atoms with van der Waals surface area (Å²) in [6.45, 7) is 5.82. The number of hydrogen-bond acceptors (Lipinski definition) is 7. The highest BCUT2D eigenvalue weighted by Gasteiger charge is 2.49. The molecular weight excluding hydrogens is 432 g/mol. The van der Waals surface area contributed by atoms with Crippen molar-refractivity contribution in [2.45, 2.75) is 25.7 Å². The van der Waals surface area contributed by atoms with Crippen molar-refractivity contribution in [1.29, 1.82) is 0 Å². The lowest BCUT2D eigenvalue weighted by atomic mass is 10.1. The molecule has 2 aromatic carbocycles. The number of guanidine groups is 1. The number of rotatable bonds is 4. The molecule has 0 aliphatic carbocycles. The van der Waals surface area contributed by atoms with Crippen molar-refractivity contribution in [3.8, 4) is 5.75 Å². The number of imide groups is 1. The zero-order valence-electron chi connectivity index (χ0n) is 19.8. The molecule has 2 saturated heterocycles. The number of nitrogens with zero attached hydrogens (tertiary/aromatic N) is 5. The average Bonchev–Trinajstić information content (AvgIpc) is 3.22. The van der Waals surface area contributed by atoms with E-state index in [1.165, 1.54) is 10.5 Å². The van der Waals surface area contributed by atoms with Gasteiger partial charge < -0.3 is 24.3 Å². The van der Waals surface area contributed by atoms with Crippen LogP contribution in [0.4, 0.5) is 10.5 Å². The van der Waals surface area contributed by atoms with Crippen LogP contribution in [0.25, 0.3) is 0 Å². The second-order valence-electron chi connectivity index (χ2n) is 8.98. The zero-order valence-corrected chi connectivity index (χ0v) is 19.8. The number of aliphatic imine (C=N–C) groups is 1. The zero-order chi connectivity index (χ0) is 23.8. The number of carbonyl (C=O) groups excluding carboxylic acids is 2.